The van der Waals surface area contributed by atoms with Crippen molar-refractivity contribution in [3.63, 3.8) is 0 Å². The molecule has 30 heavy (non-hydrogen) atoms. The molecule has 6 heteroatoms. The lowest BCUT2D eigenvalue weighted by molar-refractivity contribution is 0.644. The molecular formula is C24H26N6. The molecule has 0 N–H and O–H groups in total. The maximum absolute atomic E-state index is 4.98. The lowest BCUT2D eigenvalue weighted by atomic mass is 10.2. The van der Waals surface area contributed by atoms with Gasteiger partial charge in [0.2, 0.25) is 0 Å². The Morgan fingerprint density at radius 2 is 1.37 bits per heavy atom. The van der Waals surface area contributed by atoms with Crippen LogP contribution in [0.2, 0.25) is 0 Å². The highest BCUT2D eigenvalue weighted by Gasteiger charge is 2.24. The first kappa shape index (κ1) is 18.6. The fraction of sp³-hybridized carbons (Fsp3) is 0.292. The van der Waals surface area contributed by atoms with Gasteiger partial charge in [-0.05, 0) is 45.0 Å². The Balaban J connectivity index is 1.49. The number of aryl methyl sites for hydroxylation is 3. The van der Waals surface area contributed by atoms with Crippen molar-refractivity contribution in [2.24, 2.45) is 0 Å². The van der Waals surface area contributed by atoms with E-state index < -0.39 is 0 Å². The maximum atomic E-state index is 4.98. The second-order valence-corrected chi connectivity index (χ2v) is 7.98. The third-order valence-electron chi connectivity index (χ3n) is 5.96. The Labute approximate surface area is 176 Å². The van der Waals surface area contributed by atoms with Gasteiger partial charge in [0.15, 0.2) is 5.82 Å². The summed E-state index contributed by atoms with van der Waals surface area (Å²) in [5.74, 6) is 0.886. The van der Waals surface area contributed by atoms with Gasteiger partial charge in [-0.3, -0.25) is 0 Å². The Bertz CT molecular complexity index is 1170. The smallest absolute Gasteiger partial charge is 0.179 e. The molecule has 0 radical (unpaired) electrons. The molecule has 2 aromatic heterocycles. The molecule has 4 aromatic rings. The van der Waals surface area contributed by atoms with E-state index in [9.17, 15) is 0 Å². The summed E-state index contributed by atoms with van der Waals surface area (Å²) in [5.41, 5.74) is 6.54. The largest absolute Gasteiger partial charge is 0.368 e. The molecule has 0 atom stereocenters. The summed E-state index contributed by atoms with van der Waals surface area (Å²) < 4.78 is 2.02. The van der Waals surface area contributed by atoms with Crippen LogP contribution in [0.25, 0.3) is 16.6 Å². The Hall–Kier alpha value is -3.41. The van der Waals surface area contributed by atoms with Gasteiger partial charge in [0, 0.05) is 31.9 Å². The number of hydrogen-bond acceptors (Lipinski definition) is 5. The van der Waals surface area contributed by atoms with Crippen LogP contribution >= 0.6 is 0 Å². The second-order valence-electron chi connectivity index (χ2n) is 7.98. The van der Waals surface area contributed by atoms with Gasteiger partial charge < -0.3 is 9.80 Å². The Kier molecular flexibility index (Phi) is 4.62. The van der Waals surface area contributed by atoms with Gasteiger partial charge in [-0.25, -0.2) is 4.68 Å². The van der Waals surface area contributed by atoms with E-state index in [0.29, 0.717) is 0 Å². The monoisotopic (exact) mass is 398 g/mol. The highest BCUT2D eigenvalue weighted by Crippen LogP contribution is 2.30. The molecule has 1 saturated heterocycles. The highest BCUT2D eigenvalue weighted by atomic mass is 15.4. The molecule has 1 aliphatic rings. The van der Waals surface area contributed by atoms with E-state index in [4.69, 9.17) is 5.10 Å². The first-order chi connectivity index (χ1) is 14.6. The second kappa shape index (κ2) is 7.44. The van der Waals surface area contributed by atoms with E-state index in [1.807, 2.05) is 11.6 Å². The van der Waals surface area contributed by atoms with Crippen molar-refractivity contribution in [3.8, 4) is 5.69 Å². The van der Waals surface area contributed by atoms with Crippen LogP contribution < -0.4 is 9.80 Å². The molecule has 1 fully saturated rings. The minimum Gasteiger partial charge on any atom is -0.368 e. The molecule has 0 bridgehead atoms. The summed E-state index contributed by atoms with van der Waals surface area (Å²) in [5, 5.41) is 15.1. The van der Waals surface area contributed by atoms with Crippen LogP contribution in [-0.4, -0.2) is 46.2 Å². The molecule has 5 rings (SSSR count). The third-order valence-corrected chi connectivity index (χ3v) is 5.96. The van der Waals surface area contributed by atoms with Crippen LogP contribution in [0.5, 0.6) is 0 Å². The molecular weight excluding hydrogens is 372 g/mol. The van der Waals surface area contributed by atoms with Crippen molar-refractivity contribution in [3.05, 3.63) is 71.5 Å². The van der Waals surface area contributed by atoms with E-state index in [-0.39, 0.29) is 0 Å². The number of rotatable bonds is 3. The number of fused-ring (bicyclic) bond motifs is 1. The molecule has 2 aromatic carbocycles. The zero-order chi connectivity index (χ0) is 20.7. The number of para-hydroxylation sites is 1. The number of benzene rings is 2. The van der Waals surface area contributed by atoms with Crippen molar-refractivity contribution in [1.82, 2.24) is 20.0 Å². The van der Waals surface area contributed by atoms with Crippen LogP contribution in [0.4, 0.5) is 11.5 Å². The van der Waals surface area contributed by atoms with Gasteiger partial charge in [0.1, 0.15) is 5.52 Å². The van der Waals surface area contributed by atoms with Crippen LogP contribution in [0.1, 0.15) is 17.0 Å². The van der Waals surface area contributed by atoms with Gasteiger partial charge >= 0.3 is 0 Å². The molecule has 0 saturated carbocycles. The van der Waals surface area contributed by atoms with Crippen molar-refractivity contribution in [2.75, 3.05) is 36.0 Å². The summed E-state index contributed by atoms with van der Waals surface area (Å²) >= 11 is 0. The van der Waals surface area contributed by atoms with Crippen molar-refractivity contribution in [1.29, 1.82) is 0 Å². The zero-order valence-electron chi connectivity index (χ0n) is 17.7. The normalized spacial score (nSPS) is 14.5. The summed E-state index contributed by atoms with van der Waals surface area (Å²) in [4.78, 5) is 4.74. The fourth-order valence-corrected chi connectivity index (χ4v) is 4.28. The predicted octanol–water partition coefficient (Wildman–Crippen LogP) is 4.07. The van der Waals surface area contributed by atoms with Gasteiger partial charge in [-0.2, -0.15) is 10.2 Å². The lowest BCUT2D eigenvalue weighted by Crippen LogP contribution is -2.47. The number of piperazine rings is 1. The molecule has 0 aliphatic carbocycles. The van der Waals surface area contributed by atoms with Crippen LogP contribution in [0.15, 0.2) is 54.6 Å². The molecule has 1 aliphatic heterocycles. The summed E-state index contributed by atoms with van der Waals surface area (Å²) in [6, 6.07) is 19.1. The average Bonchev–Trinajstić information content (AvgIpc) is 3.13. The van der Waals surface area contributed by atoms with Crippen molar-refractivity contribution >= 4 is 22.4 Å². The lowest BCUT2D eigenvalue weighted by Gasteiger charge is -2.36. The van der Waals surface area contributed by atoms with Crippen molar-refractivity contribution < 1.29 is 0 Å². The van der Waals surface area contributed by atoms with Gasteiger partial charge in [-0.1, -0.05) is 35.9 Å². The topological polar surface area (TPSA) is 50.1 Å². The van der Waals surface area contributed by atoms with E-state index in [2.05, 4.69) is 88.4 Å². The standard InChI is InChI=1S/C24H26N6/c1-17-9-11-21(12-10-17)30-19(3)22-18(2)25-26-24(23(22)27-30)29-15-13-28(14-16-29)20-7-5-4-6-8-20/h4-12H,13-16H2,1-3H3. The maximum Gasteiger partial charge on any atom is 0.179 e. The first-order valence-electron chi connectivity index (χ1n) is 10.5. The SMILES string of the molecule is Cc1ccc(-n2nc3c(N4CCN(c5ccccc5)CC4)nnc(C)c3c2C)cc1. The third kappa shape index (κ3) is 3.18. The molecule has 152 valence electrons. The summed E-state index contributed by atoms with van der Waals surface area (Å²) in [7, 11) is 0. The molecule has 0 spiro atoms. The van der Waals surface area contributed by atoms with E-state index in [0.717, 1.165) is 60.0 Å². The van der Waals surface area contributed by atoms with Gasteiger partial charge in [0.25, 0.3) is 0 Å². The minimum atomic E-state index is 0.886. The van der Waals surface area contributed by atoms with E-state index in [1.54, 1.807) is 0 Å². The quantitative estimate of drug-likeness (QED) is 0.521. The minimum absolute atomic E-state index is 0.886. The van der Waals surface area contributed by atoms with Crippen molar-refractivity contribution in [2.45, 2.75) is 20.8 Å². The molecule has 0 amide bonds. The predicted molar refractivity (Wildman–Crippen MR) is 122 cm³/mol. The number of anilines is 2. The summed E-state index contributed by atoms with van der Waals surface area (Å²) in [6.45, 7) is 9.94. The highest BCUT2D eigenvalue weighted by molar-refractivity contribution is 5.92. The Morgan fingerprint density at radius 3 is 2.07 bits per heavy atom. The molecule has 6 nitrogen and oxygen atoms in total. The Morgan fingerprint density at radius 1 is 0.700 bits per heavy atom. The average molecular weight is 399 g/mol. The first-order valence-corrected chi connectivity index (χ1v) is 10.5. The number of aromatic nitrogens is 4. The van der Waals surface area contributed by atoms with E-state index in [1.165, 1.54) is 11.3 Å². The van der Waals surface area contributed by atoms with E-state index >= 15 is 0 Å². The zero-order valence-corrected chi connectivity index (χ0v) is 17.7. The van der Waals surface area contributed by atoms with Crippen LogP contribution in [-0.2, 0) is 0 Å². The fourth-order valence-electron chi connectivity index (χ4n) is 4.28. The van der Waals surface area contributed by atoms with Gasteiger partial charge in [-0.15, -0.1) is 5.10 Å². The number of hydrogen-bond donors (Lipinski definition) is 0. The molecule has 0 unspecified atom stereocenters. The van der Waals surface area contributed by atoms with Crippen LogP contribution in [0.3, 0.4) is 0 Å². The van der Waals surface area contributed by atoms with Crippen LogP contribution in [0, 0.1) is 20.8 Å². The summed E-state index contributed by atoms with van der Waals surface area (Å²) in [6.07, 6.45) is 0. The van der Waals surface area contributed by atoms with Gasteiger partial charge in [0.05, 0.1) is 22.5 Å². The molecule has 3 heterocycles. The number of nitrogens with zero attached hydrogens (tertiary/aromatic N) is 6.